The summed E-state index contributed by atoms with van der Waals surface area (Å²) in [7, 11) is 0. The van der Waals surface area contributed by atoms with Crippen molar-refractivity contribution in [3.05, 3.63) is 35.9 Å². The summed E-state index contributed by atoms with van der Waals surface area (Å²) in [5.41, 5.74) is 1.32. The Bertz CT molecular complexity index is 369. The van der Waals surface area contributed by atoms with Crippen LogP contribution >= 0.6 is 12.4 Å². The third-order valence-electron chi connectivity index (χ3n) is 3.41. The first-order valence-corrected chi connectivity index (χ1v) is 6.25. The maximum atomic E-state index is 10.9. The molecular weight excluding hydrogens is 250 g/mol. The fraction of sp³-hybridized carbons (Fsp3) is 0.500. The van der Waals surface area contributed by atoms with Crippen LogP contribution in [-0.4, -0.2) is 35.6 Å². The highest BCUT2D eigenvalue weighted by Gasteiger charge is 2.24. The van der Waals surface area contributed by atoms with Gasteiger partial charge in [0.1, 0.15) is 0 Å². The number of likely N-dealkylation sites (tertiary alicyclic amines) is 1. The zero-order chi connectivity index (χ0) is 12.1. The Morgan fingerprint density at radius 3 is 2.72 bits per heavy atom. The van der Waals surface area contributed by atoms with E-state index in [1.54, 1.807) is 0 Å². The number of hydrogen-bond acceptors (Lipinski definition) is 2. The summed E-state index contributed by atoms with van der Waals surface area (Å²) in [5, 5.41) is 9.01. The lowest BCUT2D eigenvalue weighted by Crippen LogP contribution is -2.39. The molecule has 1 aromatic rings. The van der Waals surface area contributed by atoms with Gasteiger partial charge in [-0.15, -0.1) is 12.4 Å². The number of piperidine rings is 1. The minimum Gasteiger partial charge on any atom is -0.481 e. The lowest BCUT2D eigenvalue weighted by molar-refractivity contribution is -0.143. The van der Waals surface area contributed by atoms with Crippen molar-refractivity contribution < 1.29 is 9.90 Å². The molecule has 2 rings (SSSR count). The number of carboxylic acid groups (broad SMARTS) is 1. The van der Waals surface area contributed by atoms with Crippen molar-refractivity contribution >= 4 is 18.4 Å². The van der Waals surface area contributed by atoms with Crippen LogP contribution in [0.3, 0.4) is 0 Å². The number of benzene rings is 1. The summed E-state index contributed by atoms with van der Waals surface area (Å²) in [6, 6.07) is 10.4. The monoisotopic (exact) mass is 269 g/mol. The van der Waals surface area contributed by atoms with Gasteiger partial charge in [0, 0.05) is 13.1 Å². The minimum atomic E-state index is -0.644. The summed E-state index contributed by atoms with van der Waals surface area (Å²) in [4.78, 5) is 13.2. The largest absolute Gasteiger partial charge is 0.481 e. The number of halogens is 1. The van der Waals surface area contributed by atoms with E-state index in [0.29, 0.717) is 6.54 Å². The highest BCUT2D eigenvalue weighted by Crippen LogP contribution is 2.16. The molecule has 1 N–H and O–H groups in total. The SMILES string of the molecule is Cl.O=C(O)C1CCCN(CCc2ccccc2)C1. The van der Waals surface area contributed by atoms with Gasteiger partial charge in [0.25, 0.3) is 0 Å². The van der Waals surface area contributed by atoms with Gasteiger partial charge in [-0.25, -0.2) is 0 Å². The van der Waals surface area contributed by atoms with Gasteiger partial charge in [-0.05, 0) is 31.4 Å². The van der Waals surface area contributed by atoms with Gasteiger partial charge in [-0.3, -0.25) is 4.79 Å². The maximum Gasteiger partial charge on any atom is 0.307 e. The van der Waals surface area contributed by atoms with Crippen LogP contribution in [0.1, 0.15) is 18.4 Å². The second-order valence-electron chi connectivity index (χ2n) is 4.71. The van der Waals surface area contributed by atoms with E-state index in [1.165, 1.54) is 5.56 Å². The van der Waals surface area contributed by atoms with E-state index in [-0.39, 0.29) is 18.3 Å². The highest BCUT2D eigenvalue weighted by molar-refractivity contribution is 5.85. The summed E-state index contributed by atoms with van der Waals surface area (Å²) >= 11 is 0. The van der Waals surface area contributed by atoms with Crippen LogP contribution in [0.15, 0.2) is 30.3 Å². The van der Waals surface area contributed by atoms with Crippen molar-refractivity contribution in [2.75, 3.05) is 19.6 Å². The Morgan fingerprint density at radius 2 is 2.06 bits per heavy atom. The Hall–Kier alpha value is -1.06. The van der Waals surface area contributed by atoms with Crippen molar-refractivity contribution in [3.63, 3.8) is 0 Å². The molecule has 0 radical (unpaired) electrons. The summed E-state index contributed by atoms with van der Waals surface area (Å²) in [6.07, 6.45) is 2.84. The molecule has 1 heterocycles. The van der Waals surface area contributed by atoms with E-state index in [0.717, 1.165) is 32.4 Å². The number of carbonyl (C=O) groups is 1. The fourth-order valence-corrected chi connectivity index (χ4v) is 2.39. The zero-order valence-electron chi connectivity index (χ0n) is 10.4. The quantitative estimate of drug-likeness (QED) is 0.913. The van der Waals surface area contributed by atoms with Gasteiger partial charge >= 0.3 is 5.97 Å². The zero-order valence-corrected chi connectivity index (χ0v) is 11.2. The molecule has 1 fully saturated rings. The molecule has 0 aromatic heterocycles. The average Bonchev–Trinajstić information content (AvgIpc) is 2.38. The van der Waals surface area contributed by atoms with Crippen molar-refractivity contribution in [1.29, 1.82) is 0 Å². The highest BCUT2D eigenvalue weighted by atomic mass is 35.5. The van der Waals surface area contributed by atoms with Crippen LogP contribution in [0.4, 0.5) is 0 Å². The molecule has 1 atom stereocenters. The van der Waals surface area contributed by atoms with E-state index in [4.69, 9.17) is 5.11 Å². The molecule has 18 heavy (non-hydrogen) atoms. The molecular formula is C14H20ClNO2. The molecule has 1 saturated heterocycles. The van der Waals surface area contributed by atoms with Crippen LogP contribution in [0.2, 0.25) is 0 Å². The van der Waals surface area contributed by atoms with E-state index >= 15 is 0 Å². The van der Waals surface area contributed by atoms with Crippen molar-refractivity contribution in [2.24, 2.45) is 5.92 Å². The van der Waals surface area contributed by atoms with E-state index < -0.39 is 5.97 Å². The van der Waals surface area contributed by atoms with E-state index in [1.807, 2.05) is 18.2 Å². The molecule has 0 aliphatic carbocycles. The predicted molar refractivity (Wildman–Crippen MR) is 74.2 cm³/mol. The van der Waals surface area contributed by atoms with E-state index in [9.17, 15) is 4.79 Å². The topological polar surface area (TPSA) is 40.5 Å². The van der Waals surface area contributed by atoms with Crippen molar-refractivity contribution in [2.45, 2.75) is 19.3 Å². The number of nitrogens with zero attached hydrogens (tertiary/aromatic N) is 1. The average molecular weight is 270 g/mol. The normalized spacial score (nSPS) is 20.1. The van der Waals surface area contributed by atoms with Crippen LogP contribution in [0.5, 0.6) is 0 Å². The molecule has 1 aliphatic rings. The second-order valence-corrected chi connectivity index (χ2v) is 4.71. The summed E-state index contributed by atoms with van der Waals surface area (Å²) in [6.45, 7) is 2.71. The number of carboxylic acids is 1. The van der Waals surface area contributed by atoms with Gasteiger partial charge in [-0.2, -0.15) is 0 Å². The molecule has 1 aromatic carbocycles. The van der Waals surface area contributed by atoms with Gasteiger partial charge in [0.05, 0.1) is 5.92 Å². The second kappa shape index (κ2) is 7.39. The lowest BCUT2D eigenvalue weighted by Gasteiger charge is -2.30. The van der Waals surface area contributed by atoms with Gasteiger partial charge in [-0.1, -0.05) is 30.3 Å². The molecule has 100 valence electrons. The molecule has 4 heteroatoms. The Labute approximate surface area is 114 Å². The fourth-order valence-electron chi connectivity index (χ4n) is 2.39. The summed E-state index contributed by atoms with van der Waals surface area (Å²) < 4.78 is 0. The Balaban J connectivity index is 0.00000162. The molecule has 0 spiro atoms. The number of rotatable bonds is 4. The molecule has 3 nitrogen and oxygen atoms in total. The van der Waals surface area contributed by atoms with Crippen LogP contribution in [0, 0.1) is 5.92 Å². The summed E-state index contributed by atoms with van der Waals surface area (Å²) in [5.74, 6) is -0.811. The number of hydrogen-bond donors (Lipinski definition) is 1. The van der Waals surface area contributed by atoms with Crippen molar-refractivity contribution in [1.82, 2.24) is 4.90 Å². The van der Waals surface area contributed by atoms with E-state index in [2.05, 4.69) is 17.0 Å². The molecule has 0 amide bonds. The first-order chi connectivity index (χ1) is 8.25. The third kappa shape index (κ3) is 4.31. The first-order valence-electron chi connectivity index (χ1n) is 6.25. The molecule has 1 aliphatic heterocycles. The standard InChI is InChI=1S/C14H19NO2.ClH/c16-14(17)13-7-4-9-15(11-13)10-8-12-5-2-1-3-6-12;/h1-3,5-6,13H,4,7-11H2,(H,16,17);1H. The predicted octanol–water partition coefficient (Wildman–Crippen LogP) is 2.45. The molecule has 1 unspecified atom stereocenters. The Morgan fingerprint density at radius 1 is 1.33 bits per heavy atom. The molecule has 0 bridgehead atoms. The van der Waals surface area contributed by atoms with Crippen LogP contribution < -0.4 is 0 Å². The lowest BCUT2D eigenvalue weighted by atomic mass is 9.98. The van der Waals surface area contributed by atoms with Gasteiger partial charge in [0.15, 0.2) is 0 Å². The van der Waals surface area contributed by atoms with Crippen LogP contribution in [0.25, 0.3) is 0 Å². The molecule has 0 saturated carbocycles. The first kappa shape index (κ1) is 15.0. The number of aliphatic carboxylic acids is 1. The maximum absolute atomic E-state index is 10.9. The van der Waals surface area contributed by atoms with Crippen LogP contribution in [-0.2, 0) is 11.2 Å². The smallest absolute Gasteiger partial charge is 0.307 e. The van der Waals surface area contributed by atoms with Gasteiger partial charge < -0.3 is 10.0 Å². The Kier molecular flexibility index (Phi) is 6.16. The minimum absolute atomic E-state index is 0. The third-order valence-corrected chi connectivity index (χ3v) is 3.41. The van der Waals surface area contributed by atoms with Crippen molar-refractivity contribution in [3.8, 4) is 0 Å². The van der Waals surface area contributed by atoms with Gasteiger partial charge in [0.2, 0.25) is 0 Å².